The molecule has 0 aliphatic carbocycles. The topological polar surface area (TPSA) is 9.23 Å². The van der Waals surface area contributed by atoms with Gasteiger partial charge in [0.1, 0.15) is 0 Å². The smallest absolute Gasteiger partial charge is 0.0546 e. The Bertz CT molecular complexity index is 299. The SMILES string of the molecule is COC(C)CC(CCl)Cc1ccc(Br)cc1. The van der Waals surface area contributed by atoms with Gasteiger partial charge >= 0.3 is 0 Å². The van der Waals surface area contributed by atoms with E-state index in [9.17, 15) is 0 Å². The van der Waals surface area contributed by atoms with Gasteiger partial charge in [-0.05, 0) is 43.4 Å². The van der Waals surface area contributed by atoms with E-state index in [0.29, 0.717) is 11.8 Å². The Morgan fingerprint density at radius 3 is 2.44 bits per heavy atom. The molecule has 0 fully saturated rings. The summed E-state index contributed by atoms with van der Waals surface area (Å²) >= 11 is 9.42. The third-order valence-electron chi connectivity index (χ3n) is 2.72. The maximum absolute atomic E-state index is 5.98. The Kier molecular flexibility index (Phi) is 6.40. The van der Waals surface area contributed by atoms with E-state index in [0.717, 1.165) is 17.3 Å². The molecular weight excluding hydrogens is 287 g/mol. The quantitative estimate of drug-likeness (QED) is 0.713. The minimum atomic E-state index is 0.277. The van der Waals surface area contributed by atoms with Crippen molar-refractivity contribution in [2.24, 2.45) is 5.92 Å². The molecule has 0 radical (unpaired) electrons. The molecule has 1 aromatic carbocycles. The van der Waals surface area contributed by atoms with Crippen LogP contribution in [0, 0.1) is 5.92 Å². The molecule has 0 spiro atoms. The number of methoxy groups -OCH3 is 1. The molecule has 0 aliphatic heterocycles. The largest absolute Gasteiger partial charge is 0.382 e. The van der Waals surface area contributed by atoms with E-state index in [2.05, 4.69) is 47.1 Å². The highest BCUT2D eigenvalue weighted by atomic mass is 79.9. The average Bonchev–Trinajstić information content (AvgIpc) is 2.30. The Labute approximate surface area is 111 Å². The van der Waals surface area contributed by atoms with E-state index in [1.807, 2.05) is 0 Å². The van der Waals surface area contributed by atoms with E-state index in [-0.39, 0.29) is 6.10 Å². The van der Waals surface area contributed by atoms with E-state index in [4.69, 9.17) is 16.3 Å². The first-order valence-electron chi connectivity index (χ1n) is 5.49. The first-order valence-corrected chi connectivity index (χ1v) is 6.81. The first-order chi connectivity index (χ1) is 7.65. The first kappa shape index (κ1) is 14.0. The Morgan fingerprint density at radius 1 is 1.31 bits per heavy atom. The normalized spacial score (nSPS) is 14.8. The monoisotopic (exact) mass is 304 g/mol. The molecule has 0 saturated carbocycles. The molecule has 2 unspecified atom stereocenters. The van der Waals surface area contributed by atoms with Gasteiger partial charge in [-0.2, -0.15) is 0 Å². The third-order valence-corrected chi connectivity index (χ3v) is 3.69. The molecule has 0 saturated heterocycles. The van der Waals surface area contributed by atoms with Crippen molar-refractivity contribution in [2.75, 3.05) is 13.0 Å². The fraction of sp³-hybridized carbons (Fsp3) is 0.538. The van der Waals surface area contributed by atoms with Crippen molar-refractivity contribution in [3.8, 4) is 0 Å². The minimum Gasteiger partial charge on any atom is -0.382 e. The Morgan fingerprint density at radius 2 is 1.94 bits per heavy atom. The number of hydrogen-bond acceptors (Lipinski definition) is 1. The second kappa shape index (κ2) is 7.31. The zero-order valence-corrected chi connectivity index (χ0v) is 12.1. The van der Waals surface area contributed by atoms with Gasteiger partial charge in [0.15, 0.2) is 0 Å². The zero-order chi connectivity index (χ0) is 12.0. The Balaban J connectivity index is 2.52. The lowest BCUT2D eigenvalue weighted by molar-refractivity contribution is 0.0978. The molecule has 90 valence electrons. The van der Waals surface area contributed by atoms with Crippen LogP contribution in [0.15, 0.2) is 28.7 Å². The highest BCUT2D eigenvalue weighted by molar-refractivity contribution is 9.10. The second-order valence-corrected chi connectivity index (χ2v) is 5.36. The molecule has 1 rings (SSSR count). The van der Waals surface area contributed by atoms with Crippen molar-refractivity contribution >= 4 is 27.5 Å². The van der Waals surface area contributed by atoms with Gasteiger partial charge in [-0.1, -0.05) is 28.1 Å². The molecule has 3 heteroatoms. The van der Waals surface area contributed by atoms with Crippen LogP contribution in [0.25, 0.3) is 0 Å². The van der Waals surface area contributed by atoms with Crippen molar-refractivity contribution in [1.29, 1.82) is 0 Å². The Hall–Kier alpha value is -0.0500. The molecule has 0 heterocycles. The van der Waals surface area contributed by atoms with Crippen LogP contribution in [0.4, 0.5) is 0 Å². The van der Waals surface area contributed by atoms with Crippen LogP contribution < -0.4 is 0 Å². The van der Waals surface area contributed by atoms with Crippen LogP contribution in [-0.2, 0) is 11.2 Å². The summed E-state index contributed by atoms with van der Waals surface area (Å²) in [5.74, 6) is 1.17. The number of alkyl halides is 1. The minimum absolute atomic E-state index is 0.277. The molecule has 1 aromatic rings. The average molecular weight is 306 g/mol. The predicted octanol–water partition coefficient (Wildman–Crippen LogP) is 4.27. The molecular formula is C13H18BrClO. The van der Waals surface area contributed by atoms with E-state index < -0.39 is 0 Å². The second-order valence-electron chi connectivity index (χ2n) is 4.13. The van der Waals surface area contributed by atoms with E-state index in [1.54, 1.807) is 7.11 Å². The lowest BCUT2D eigenvalue weighted by Crippen LogP contribution is -2.16. The summed E-state index contributed by atoms with van der Waals surface area (Å²) in [6, 6.07) is 8.42. The summed E-state index contributed by atoms with van der Waals surface area (Å²) in [6.07, 6.45) is 2.31. The van der Waals surface area contributed by atoms with Gasteiger partial charge in [-0.25, -0.2) is 0 Å². The standard InChI is InChI=1S/C13H18BrClO/c1-10(16-2)7-12(9-15)8-11-3-5-13(14)6-4-11/h3-6,10,12H,7-9H2,1-2H3. The zero-order valence-electron chi connectivity index (χ0n) is 9.75. The number of ether oxygens (including phenoxy) is 1. The van der Waals surface area contributed by atoms with Gasteiger partial charge in [-0.3, -0.25) is 0 Å². The summed E-state index contributed by atoms with van der Waals surface area (Å²) in [6.45, 7) is 2.08. The lowest BCUT2D eigenvalue weighted by atomic mass is 9.96. The molecule has 0 bridgehead atoms. The molecule has 0 aliphatic rings. The number of rotatable bonds is 6. The molecule has 2 atom stereocenters. The van der Waals surface area contributed by atoms with Crippen molar-refractivity contribution in [1.82, 2.24) is 0 Å². The van der Waals surface area contributed by atoms with Gasteiger partial charge in [-0.15, -0.1) is 11.6 Å². The fourth-order valence-electron chi connectivity index (χ4n) is 1.72. The lowest BCUT2D eigenvalue weighted by Gasteiger charge is -2.18. The van der Waals surface area contributed by atoms with Crippen LogP contribution in [-0.4, -0.2) is 19.1 Å². The van der Waals surface area contributed by atoms with Crippen LogP contribution >= 0.6 is 27.5 Å². The van der Waals surface area contributed by atoms with Crippen molar-refractivity contribution in [3.05, 3.63) is 34.3 Å². The van der Waals surface area contributed by atoms with Gasteiger partial charge in [0.25, 0.3) is 0 Å². The van der Waals surface area contributed by atoms with E-state index in [1.165, 1.54) is 5.56 Å². The molecule has 0 amide bonds. The number of hydrogen-bond donors (Lipinski definition) is 0. The number of halogens is 2. The maximum Gasteiger partial charge on any atom is 0.0546 e. The fourth-order valence-corrected chi connectivity index (χ4v) is 2.22. The highest BCUT2D eigenvalue weighted by Crippen LogP contribution is 2.19. The summed E-state index contributed by atoms with van der Waals surface area (Å²) in [5, 5.41) is 0. The third kappa shape index (κ3) is 4.86. The summed E-state index contributed by atoms with van der Waals surface area (Å²) in [5.41, 5.74) is 1.33. The maximum atomic E-state index is 5.98. The van der Waals surface area contributed by atoms with Gasteiger partial charge in [0, 0.05) is 17.5 Å². The molecule has 0 aromatic heterocycles. The number of benzene rings is 1. The van der Waals surface area contributed by atoms with Crippen LogP contribution in [0.1, 0.15) is 18.9 Å². The van der Waals surface area contributed by atoms with Gasteiger partial charge in [0.05, 0.1) is 6.10 Å². The molecule has 1 nitrogen and oxygen atoms in total. The summed E-state index contributed by atoms with van der Waals surface area (Å²) in [7, 11) is 1.75. The predicted molar refractivity (Wildman–Crippen MR) is 73.1 cm³/mol. The van der Waals surface area contributed by atoms with Crippen LogP contribution in [0.2, 0.25) is 0 Å². The summed E-state index contributed by atoms with van der Waals surface area (Å²) in [4.78, 5) is 0. The molecule has 16 heavy (non-hydrogen) atoms. The highest BCUT2D eigenvalue weighted by Gasteiger charge is 2.12. The summed E-state index contributed by atoms with van der Waals surface area (Å²) < 4.78 is 6.39. The van der Waals surface area contributed by atoms with Crippen LogP contribution in [0.5, 0.6) is 0 Å². The molecule has 0 N–H and O–H groups in total. The van der Waals surface area contributed by atoms with Gasteiger partial charge < -0.3 is 4.74 Å². The van der Waals surface area contributed by atoms with Crippen LogP contribution in [0.3, 0.4) is 0 Å². The van der Waals surface area contributed by atoms with Crippen molar-refractivity contribution in [3.63, 3.8) is 0 Å². The van der Waals surface area contributed by atoms with Gasteiger partial charge in [0.2, 0.25) is 0 Å². The van der Waals surface area contributed by atoms with Crippen molar-refractivity contribution < 1.29 is 4.74 Å². The van der Waals surface area contributed by atoms with E-state index >= 15 is 0 Å². The van der Waals surface area contributed by atoms with Crippen molar-refractivity contribution in [2.45, 2.75) is 25.9 Å².